The Kier molecular flexibility index (Phi) is 9.21. The van der Waals surface area contributed by atoms with Gasteiger partial charge in [-0.3, -0.25) is 9.36 Å². The van der Waals surface area contributed by atoms with Gasteiger partial charge in [0.15, 0.2) is 4.80 Å². The van der Waals surface area contributed by atoms with E-state index in [0.29, 0.717) is 53.0 Å². The minimum atomic E-state index is -0.795. The van der Waals surface area contributed by atoms with Crippen molar-refractivity contribution in [2.75, 3.05) is 6.61 Å². The topological polar surface area (TPSA) is 69.9 Å². The molecule has 1 aliphatic rings. The molecule has 1 aromatic heterocycles. The molecular formula is C30H22Br2Cl2N2O4S. The smallest absolute Gasteiger partial charge is 0.338 e. The van der Waals surface area contributed by atoms with E-state index in [1.807, 2.05) is 30.3 Å². The zero-order valence-corrected chi connectivity index (χ0v) is 27.3. The van der Waals surface area contributed by atoms with Gasteiger partial charge in [0.05, 0.1) is 26.9 Å². The van der Waals surface area contributed by atoms with Crippen LogP contribution < -0.4 is 19.6 Å². The summed E-state index contributed by atoms with van der Waals surface area (Å²) in [6, 6.07) is 17.5. The third-order valence-corrected chi connectivity index (χ3v) is 8.96. The first kappa shape index (κ1) is 29.8. The fourth-order valence-electron chi connectivity index (χ4n) is 4.50. The number of aromatic nitrogens is 1. The van der Waals surface area contributed by atoms with Crippen LogP contribution in [0.2, 0.25) is 10.0 Å². The van der Waals surface area contributed by atoms with Gasteiger partial charge in [0.25, 0.3) is 5.56 Å². The van der Waals surface area contributed by atoms with Crippen molar-refractivity contribution in [3.8, 4) is 5.75 Å². The monoisotopic (exact) mass is 734 g/mol. The van der Waals surface area contributed by atoms with Gasteiger partial charge in [0.2, 0.25) is 0 Å². The van der Waals surface area contributed by atoms with Crippen molar-refractivity contribution in [3.63, 3.8) is 0 Å². The first-order valence-corrected chi connectivity index (χ1v) is 15.6. The maximum absolute atomic E-state index is 14.0. The molecule has 0 spiro atoms. The molecule has 0 amide bonds. The standard InChI is InChI=1S/C30H22Br2Cl2N2O4S/c1-3-39-29(38)25-16(2)35-30-36(26(25)21-6-4-5-7-23(21)34)28(37)24(41-30)13-18-12-19(31)14-22(32)27(18)40-15-17-8-10-20(33)11-9-17/h4-14,26H,3,15H2,1-2H3/b24-13-/t26-/m0/s1. The minimum absolute atomic E-state index is 0.186. The second-order valence-electron chi connectivity index (χ2n) is 9.04. The average Bonchev–Trinajstić information content (AvgIpc) is 3.23. The third kappa shape index (κ3) is 6.24. The number of allylic oxidation sites excluding steroid dienone is 1. The molecule has 1 atom stereocenters. The number of nitrogens with zero attached hydrogens (tertiary/aromatic N) is 2. The molecule has 0 unspecified atom stereocenters. The lowest BCUT2D eigenvalue weighted by Gasteiger charge is -2.25. The Hall–Kier alpha value is -2.69. The molecular weight excluding hydrogens is 715 g/mol. The van der Waals surface area contributed by atoms with Crippen LogP contribution in [0.25, 0.3) is 6.08 Å². The SMILES string of the molecule is CCOC(=O)C1=C(C)N=c2s/c(=C\c3cc(Br)cc(Br)c3OCc3ccc(Cl)cc3)c(=O)n2[C@H]1c1ccccc1Cl. The summed E-state index contributed by atoms with van der Waals surface area (Å²) in [5, 5.41) is 1.07. The molecule has 41 heavy (non-hydrogen) atoms. The number of carbonyl (C=O) groups excluding carboxylic acids is 1. The van der Waals surface area contributed by atoms with Crippen LogP contribution >= 0.6 is 66.4 Å². The predicted molar refractivity (Wildman–Crippen MR) is 169 cm³/mol. The van der Waals surface area contributed by atoms with Crippen molar-refractivity contribution in [1.29, 1.82) is 0 Å². The van der Waals surface area contributed by atoms with Gasteiger partial charge in [-0.2, -0.15) is 0 Å². The number of hydrogen-bond donors (Lipinski definition) is 0. The summed E-state index contributed by atoms with van der Waals surface area (Å²) in [6.45, 7) is 3.96. The van der Waals surface area contributed by atoms with Gasteiger partial charge in [-0.25, -0.2) is 9.79 Å². The second-order valence-corrected chi connectivity index (χ2v) is 12.7. The number of fused-ring (bicyclic) bond motifs is 1. The molecule has 0 saturated heterocycles. The average molecular weight is 737 g/mol. The Morgan fingerprint density at radius 3 is 2.56 bits per heavy atom. The summed E-state index contributed by atoms with van der Waals surface area (Å²) in [7, 11) is 0. The highest BCUT2D eigenvalue weighted by atomic mass is 79.9. The molecule has 0 fully saturated rings. The molecule has 2 heterocycles. The van der Waals surface area contributed by atoms with E-state index in [2.05, 4.69) is 36.9 Å². The first-order chi connectivity index (χ1) is 19.7. The van der Waals surface area contributed by atoms with Crippen molar-refractivity contribution >= 4 is 78.4 Å². The Bertz CT molecular complexity index is 1870. The highest BCUT2D eigenvalue weighted by Crippen LogP contribution is 2.36. The van der Waals surface area contributed by atoms with Gasteiger partial charge in [-0.15, -0.1) is 0 Å². The van der Waals surface area contributed by atoms with Gasteiger partial charge in [0, 0.05) is 20.1 Å². The molecule has 0 N–H and O–H groups in total. The van der Waals surface area contributed by atoms with Crippen LogP contribution in [0, 0.1) is 0 Å². The normalized spacial score (nSPS) is 15.0. The van der Waals surface area contributed by atoms with Gasteiger partial charge < -0.3 is 9.47 Å². The van der Waals surface area contributed by atoms with Crippen LogP contribution in [0.5, 0.6) is 5.75 Å². The summed E-state index contributed by atoms with van der Waals surface area (Å²) < 4.78 is 15.0. The van der Waals surface area contributed by atoms with E-state index < -0.39 is 12.0 Å². The zero-order valence-electron chi connectivity index (χ0n) is 21.8. The molecule has 0 radical (unpaired) electrons. The summed E-state index contributed by atoms with van der Waals surface area (Å²) in [4.78, 5) is 32.2. The largest absolute Gasteiger partial charge is 0.487 e. The number of hydrogen-bond acceptors (Lipinski definition) is 6. The van der Waals surface area contributed by atoms with Crippen molar-refractivity contribution in [2.24, 2.45) is 4.99 Å². The number of halogens is 4. The van der Waals surface area contributed by atoms with Crippen molar-refractivity contribution < 1.29 is 14.3 Å². The highest BCUT2D eigenvalue weighted by molar-refractivity contribution is 9.11. The van der Waals surface area contributed by atoms with Crippen LogP contribution in [-0.2, 0) is 16.1 Å². The fourth-order valence-corrected chi connectivity index (χ4v) is 7.28. The van der Waals surface area contributed by atoms with E-state index >= 15 is 0 Å². The summed E-state index contributed by atoms with van der Waals surface area (Å²) in [5.41, 5.74) is 2.66. The van der Waals surface area contributed by atoms with Crippen LogP contribution in [-0.4, -0.2) is 17.1 Å². The van der Waals surface area contributed by atoms with E-state index in [4.69, 9.17) is 32.7 Å². The quantitative estimate of drug-likeness (QED) is 0.188. The molecule has 0 aliphatic carbocycles. The maximum atomic E-state index is 14.0. The van der Waals surface area contributed by atoms with Crippen LogP contribution in [0.15, 0.2) is 90.7 Å². The molecule has 1 aliphatic heterocycles. The summed E-state index contributed by atoms with van der Waals surface area (Å²) in [5.74, 6) is 0.0294. The molecule has 210 valence electrons. The molecule has 4 aromatic rings. The van der Waals surface area contributed by atoms with Gasteiger partial charge in [0.1, 0.15) is 18.4 Å². The molecule has 6 nitrogen and oxygen atoms in total. The van der Waals surface area contributed by atoms with Crippen molar-refractivity contribution in [1.82, 2.24) is 4.57 Å². The third-order valence-electron chi connectivity index (χ3n) is 6.34. The van der Waals surface area contributed by atoms with Gasteiger partial charge in [-0.1, -0.05) is 80.8 Å². The van der Waals surface area contributed by atoms with E-state index in [9.17, 15) is 9.59 Å². The maximum Gasteiger partial charge on any atom is 0.338 e. The number of carbonyl (C=O) groups is 1. The molecule has 11 heteroatoms. The Morgan fingerprint density at radius 1 is 1.12 bits per heavy atom. The molecule has 5 rings (SSSR count). The van der Waals surface area contributed by atoms with E-state index in [1.165, 1.54) is 15.9 Å². The van der Waals surface area contributed by atoms with E-state index in [-0.39, 0.29) is 17.7 Å². The minimum Gasteiger partial charge on any atom is -0.487 e. The summed E-state index contributed by atoms with van der Waals surface area (Å²) in [6.07, 6.45) is 1.77. The van der Waals surface area contributed by atoms with Crippen LogP contribution in [0.3, 0.4) is 0 Å². The lowest BCUT2D eigenvalue weighted by Crippen LogP contribution is -2.40. The number of rotatable bonds is 7. The number of benzene rings is 3. The van der Waals surface area contributed by atoms with Crippen LogP contribution in [0.1, 0.15) is 36.6 Å². The number of esters is 1. The van der Waals surface area contributed by atoms with E-state index in [0.717, 1.165) is 10.0 Å². The zero-order chi connectivity index (χ0) is 29.3. The Morgan fingerprint density at radius 2 is 1.85 bits per heavy atom. The van der Waals surface area contributed by atoms with Gasteiger partial charge in [-0.05, 0) is 77.3 Å². The molecule has 0 bridgehead atoms. The lowest BCUT2D eigenvalue weighted by atomic mass is 9.96. The number of thiazole rings is 1. The fraction of sp³-hybridized carbons (Fsp3) is 0.167. The van der Waals surface area contributed by atoms with Crippen LogP contribution in [0.4, 0.5) is 0 Å². The Labute approximate surface area is 266 Å². The summed E-state index contributed by atoms with van der Waals surface area (Å²) >= 11 is 21.0. The van der Waals surface area contributed by atoms with Crippen molar-refractivity contribution in [3.05, 3.63) is 127 Å². The van der Waals surface area contributed by atoms with Crippen molar-refractivity contribution in [2.45, 2.75) is 26.5 Å². The number of ether oxygens (including phenoxy) is 2. The van der Waals surface area contributed by atoms with Gasteiger partial charge >= 0.3 is 5.97 Å². The first-order valence-electron chi connectivity index (χ1n) is 12.5. The second kappa shape index (κ2) is 12.7. The van der Waals surface area contributed by atoms with E-state index in [1.54, 1.807) is 50.3 Å². The lowest BCUT2D eigenvalue weighted by molar-refractivity contribution is -0.139. The Balaban J connectivity index is 1.65. The highest BCUT2D eigenvalue weighted by Gasteiger charge is 2.34. The molecule has 0 saturated carbocycles. The predicted octanol–water partition coefficient (Wildman–Crippen LogP) is 7.21. The molecule has 3 aromatic carbocycles.